The molecule has 25 heavy (non-hydrogen) atoms. The summed E-state index contributed by atoms with van der Waals surface area (Å²) in [5, 5.41) is 1.51. The number of amidine groups is 1. The molecular formula is C18H23N3O3S. The largest absolute Gasteiger partial charge is 0.497 e. The summed E-state index contributed by atoms with van der Waals surface area (Å²) in [6.07, 6.45) is 2.51. The Balaban J connectivity index is 2.38. The van der Waals surface area contributed by atoms with Gasteiger partial charge < -0.3 is 9.30 Å². The van der Waals surface area contributed by atoms with E-state index in [1.54, 1.807) is 35.9 Å². The maximum Gasteiger partial charge on any atom is 0.248 e. The van der Waals surface area contributed by atoms with Crippen LogP contribution in [0.15, 0.2) is 29.4 Å². The average molecular weight is 361 g/mol. The van der Waals surface area contributed by atoms with Crippen LogP contribution in [0.5, 0.6) is 5.75 Å². The maximum absolute atomic E-state index is 12.8. The zero-order valence-electron chi connectivity index (χ0n) is 15.0. The second-order valence-corrected chi connectivity index (χ2v) is 6.52. The summed E-state index contributed by atoms with van der Waals surface area (Å²) < 4.78 is 7.05. The number of fused-ring (bicyclic) bond motifs is 1. The number of aldehydes is 1. The number of aliphatic imine (C=N–C) groups is 1. The Labute approximate surface area is 151 Å². The molecule has 0 saturated heterocycles. The third-order valence-electron chi connectivity index (χ3n) is 3.87. The molecule has 0 aliphatic carbocycles. The standard InChI is InChI=1S/C18H23N3O3S/c1-5-21(18(19-3)25-6-2)17(23)11-20-10-13(12-22)15-8-7-14(24-4)9-16(15)20/h7-10,12H,5-6,11H2,1-4H3. The second-order valence-electron chi connectivity index (χ2n) is 5.29. The molecule has 7 heteroatoms. The van der Waals surface area contributed by atoms with Crippen molar-refractivity contribution in [2.75, 3.05) is 26.5 Å². The molecule has 2 rings (SSSR count). The number of amides is 1. The SMILES string of the molecule is CCSC(=NC)N(CC)C(=O)Cn1cc(C=O)c2ccc(OC)cc21. The molecule has 1 aromatic heterocycles. The molecule has 134 valence electrons. The fraction of sp³-hybridized carbons (Fsp3) is 0.389. The molecule has 0 radical (unpaired) electrons. The van der Waals surface area contributed by atoms with Gasteiger partial charge in [0, 0.05) is 36.8 Å². The predicted octanol–water partition coefficient (Wildman–Crippen LogP) is 3.05. The van der Waals surface area contributed by atoms with Gasteiger partial charge in [0.2, 0.25) is 5.91 Å². The number of thioether (sulfide) groups is 1. The van der Waals surface area contributed by atoms with Crippen LogP contribution in [-0.4, -0.2) is 53.3 Å². The van der Waals surface area contributed by atoms with Crippen molar-refractivity contribution in [1.29, 1.82) is 0 Å². The van der Waals surface area contributed by atoms with Gasteiger partial charge in [-0.3, -0.25) is 19.5 Å². The first-order valence-electron chi connectivity index (χ1n) is 8.11. The van der Waals surface area contributed by atoms with Crippen LogP contribution in [0.25, 0.3) is 10.9 Å². The second kappa shape index (κ2) is 8.71. The van der Waals surface area contributed by atoms with Crippen LogP contribution in [-0.2, 0) is 11.3 Å². The van der Waals surface area contributed by atoms with Gasteiger partial charge in [-0.1, -0.05) is 18.7 Å². The third-order valence-corrected chi connectivity index (χ3v) is 4.82. The van der Waals surface area contributed by atoms with Crippen molar-refractivity contribution in [1.82, 2.24) is 9.47 Å². The Kier molecular flexibility index (Phi) is 6.64. The number of nitrogens with zero attached hydrogens (tertiary/aromatic N) is 3. The Morgan fingerprint density at radius 2 is 2.16 bits per heavy atom. The van der Waals surface area contributed by atoms with Crippen molar-refractivity contribution in [3.05, 3.63) is 30.0 Å². The van der Waals surface area contributed by atoms with E-state index in [0.29, 0.717) is 23.0 Å². The van der Waals surface area contributed by atoms with Gasteiger partial charge in [-0.25, -0.2) is 0 Å². The third kappa shape index (κ3) is 4.04. The van der Waals surface area contributed by atoms with Crippen molar-refractivity contribution in [3.8, 4) is 5.75 Å². The highest BCUT2D eigenvalue weighted by molar-refractivity contribution is 8.13. The number of likely N-dealkylation sites (N-methyl/N-ethyl adjacent to an activating group) is 1. The number of benzene rings is 1. The number of methoxy groups -OCH3 is 1. The van der Waals surface area contributed by atoms with Crippen LogP contribution >= 0.6 is 11.8 Å². The number of carbonyl (C=O) groups is 2. The molecular weight excluding hydrogens is 338 g/mol. The molecule has 0 N–H and O–H groups in total. The molecule has 0 aliphatic rings. The van der Waals surface area contributed by atoms with E-state index >= 15 is 0 Å². The minimum atomic E-state index is -0.0683. The minimum Gasteiger partial charge on any atom is -0.497 e. The highest BCUT2D eigenvalue weighted by Crippen LogP contribution is 2.25. The summed E-state index contributed by atoms with van der Waals surface area (Å²) in [5.74, 6) is 1.46. The van der Waals surface area contributed by atoms with E-state index in [1.165, 1.54) is 11.8 Å². The van der Waals surface area contributed by atoms with E-state index < -0.39 is 0 Å². The van der Waals surface area contributed by atoms with Crippen molar-refractivity contribution in [2.24, 2.45) is 4.99 Å². The number of hydrogen-bond acceptors (Lipinski definition) is 5. The van der Waals surface area contributed by atoms with E-state index in [0.717, 1.165) is 22.9 Å². The van der Waals surface area contributed by atoms with Crippen LogP contribution in [0, 0.1) is 0 Å². The van der Waals surface area contributed by atoms with E-state index in [4.69, 9.17) is 4.74 Å². The molecule has 2 aromatic rings. The van der Waals surface area contributed by atoms with Crippen LogP contribution in [0.3, 0.4) is 0 Å². The molecule has 0 atom stereocenters. The van der Waals surface area contributed by atoms with Crippen LogP contribution < -0.4 is 4.74 Å². The molecule has 0 saturated carbocycles. The first kappa shape index (κ1) is 19.1. The summed E-state index contributed by atoms with van der Waals surface area (Å²) in [5.41, 5.74) is 1.35. The fourth-order valence-corrected chi connectivity index (χ4v) is 3.47. The molecule has 1 heterocycles. The number of aromatic nitrogens is 1. The smallest absolute Gasteiger partial charge is 0.248 e. The lowest BCUT2D eigenvalue weighted by Crippen LogP contribution is -2.37. The number of ether oxygens (including phenoxy) is 1. The van der Waals surface area contributed by atoms with Gasteiger partial charge >= 0.3 is 0 Å². The van der Waals surface area contributed by atoms with Crippen LogP contribution in [0.2, 0.25) is 0 Å². The van der Waals surface area contributed by atoms with Crippen molar-refractivity contribution in [3.63, 3.8) is 0 Å². The van der Waals surface area contributed by atoms with Crippen molar-refractivity contribution in [2.45, 2.75) is 20.4 Å². The predicted molar refractivity (Wildman–Crippen MR) is 103 cm³/mol. The molecule has 0 aliphatic heterocycles. The fourth-order valence-electron chi connectivity index (χ4n) is 2.69. The van der Waals surface area contributed by atoms with E-state index in [9.17, 15) is 9.59 Å². The van der Waals surface area contributed by atoms with E-state index in [-0.39, 0.29) is 12.5 Å². The summed E-state index contributed by atoms with van der Waals surface area (Å²) in [7, 11) is 3.28. The maximum atomic E-state index is 12.8. The molecule has 0 unspecified atom stereocenters. The van der Waals surface area contributed by atoms with Gasteiger partial charge in [0.15, 0.2) is 11.5 Å². The summed E-state index contributed by atoms with van der Waals surface area (Å²) >= 11 is 1.54. The van der Waals surface area contributed by atoms with Crippen molar-refractivity contribution < 1.29 is 14.3 Å². The van der Waals surface area contributed by atoms with E-state index in [2.05, 4.69) is 4.99 Å². The van der Waals surface area contributed by atoms with Gasteiger partial charge in [-0.15, -0.1) is 0 Å². The average Bonchev–Trinajstić information content (AvgIpc) is 2.98. The van der Waals surface area contributed by atoms with Gasteiger partial charge in [-0.05, 0) is 24.8 Å². The van der Waals surface area contributed by atoms with Gasteiger partial charge in [0.25, 0.3) is 0 Å². The number of hydrogen-bond donors (Lipinski definition) is 0. The molecule has 0 spiro atoms. The highest BCUT2D eigenvalue weighted by Gasteiger charge is 2.19. The zero-order chi connectivity index (χ0) is 18.4. The van der Waals surface area contributed by atoms with Crippen LogP contribution in [0.1, 0.15) is 24.2 Å². The highest BCUT2D eigenvalue weighted by atomic mass is 32.2. The van der Waals surface area contributed by atoms with E-state index in [1.807, 2.05) is 26.0 Å². The summed E-state index contributed by atoms with van der Waals surface area (Å²) in [6.45, 7) is 4.62. The first-order valence-corrected chi connectivity index (χ1v) is 9.10. The molecule has 0 bridgehead atoms. The zero-order valence-corrected chi connectivity index (χ0v) is 15.8. The molecule has 1 amide bonds. The minimum absolute atomic E-state index is 0.0683. The Hall–Kier alpha value is -2.28. The van der Waals surface area contributed by atoms with Gasteiger partial charge in [0.05, 0.1) is 12.6 Å². The summed E-state index contributed by atoms with van der Waals surface area (Å²) in [6, 6.07) is 5.48. The van der Waals surface area contributed by atoms with Gasteiger partial charge in [-0.2, -0.15) is 0 Å². The topological polar surface area (TPSA) is 63.9 Å². The lowest BCUT2D eigenvalue weighted by molar-refractivity contribution is -0.127. The normalized spacial score (nSPS) is 11.6. The number of rotatable bonds is 6. The van der Waals surface area contributed by atoms with Gasteiger partial charge in [0.1, 0.15) is 12.3 Å². The monoisotopic (exact) mass is 361 g/mol. The molecule has 6 nitrogen and oxygen atoms in total. The lowest BCUT2D eigenvalue weighted by Gasteiger charge is -2.22. The molecule has 0 fully saturated rings. The van der Waals surface area contributed by atoms with Crippen LogP contribution in [0.4, 0.5) is 0 Å². The quantitative estimate of drug-likeness (QED) is 0.451. The Bertz CT molecular complexity index is 798. The molecule has 1 aromatic carbocycles. The Morgan fingerprint density at radius 3 is 2.72 bits per heavy atom. The Morgan fingerprint density at radius 1 is 1.40 bits per heavy atom. The first-order chi connectivity index (χ1) is 12.1. The lowest BCUT2D eigenvalue weighted by atomic mass is 10.2. The van der Waals surface area contributed by atoms with Crippen molar-refractivity contribution >= 4 is 40.0 Å². The number of carbonyl (C=O) groups excluding carboxylic acids is 2. The summed E-state index contributed by atoms with van der Waals surface area (Å²) in [4.78, 5) is 30.0.